The predicted molar refractivity (Wildman–Crippen MR) is 41.9 cm³/mol. The molecule has 0 aromatic heterocycles. The van der Waals surface area contributed by atoms with Gasteiger partial charge in [-0.1, -0.05) is 6.42 Å². The predicted octanol–water partition coefficient (Wildman–Crippen LogP) is 0.933. The van der Waals surface area contributed by atoms with Gasteiger partial charge in [0.2, 0.25) is 0 Å². The molecule has 0 aromatic carbocycles. The standard InChI is InChI=1S/C8H16NO/c1-2-3-4-9-5-7-10-8-6-9/h1-8H2/q-1. The maximum absolute atomic E-state index is 5.22. The summed E-state index contributed by atoms with van der Waals surface area (Å²) >= 11 is 0. The maximum atomic E-state index is 5.22. The molecule has 1 aliphatic heterocycles. The van der Waals surface area contributed by atoms with E-state index < -0.39 is 0 Å². The van der Waals surface area contributed by atoms with E-state index in [0.717, 1.165) is 32.7 Å². The van der Waals surface area contributed by atoms with Crippen LogP contribution in [0.1, 0.15) is 12.8 Å². The van der Waals surface area contributed by atoms with Crippen molar-refractivity contribution in [2.45, 2.75) is 12.8 Å². The average Bonchev–Trinajstić information content (AvgIpc) is 2.03. The molecule has 2 heteroatoms. The first-order valence-corrected chi connectivity index (χ1v) is 4.03. The van der Waals surface area contributed by atoms with Crippen molar-refractivity contribution >= 4 is 0 Å². The summed E-state index contributed by atoms with van der Waals surface area (Å²) in [6.07, 6.45) is 2.28. The molecule has 1 heterocycles. The third-order valence-corrected chi connectivity index (χ3v) is 1.83. The van der Waals surface area contributed by atoms with Gasteiger partial charge in [0.15, 0.2) is 0 Å². The fourth-order valence-corrected chi connectivity index (χ4v) is 1.16. The number of hydrogen-bond donors (Lipinski definition) is 0. The molecule has 0 atom stereocenters. The summed E-state index contributed by atoms with van der Waals surface area (Å²) in [6.45, 7) is 9.06. The van der Waals surface area contributed by atoms with Crippen molar-refractivity contribution in [3.63, 3.8) is 0 Å². The monoisotopic (exact) mass is 142 g/mol. The van der Waals surface area contributed by atoms with Crippen LogP contribution in [0.25, 0.3) is 0 Å². The minimum atomic E-state index is 0.914. The van der Waals surface area contributed by atoms with Crippen molar-refractivity contribution < 1.29 is 4.74 Å². The van der Waals surface area contributed by atoms with E-state index in [-0.39, 0.29) is 0 Å². The van der Waals surface area contributed by atoms with Gasteiger partial charge in [0, 0.05) is 13.1 Å². The molecule has 0 aliphatic carbocycles. The lowest BCUT2D eigenvalue weighted by molar-refractivity contribution is 0.0375. The molecule has 1 aliphatic rings. The third kappa shape index (κ3) is 2.67. The van der Waals surface area contributed by atoms with E-state index in [4.69, 9.17) is 4.74 Å². The number of ether oxygens (including phenoxy) is 1. The smallest absolute Gasteiger partial charge is 0.0594 e. The Bertz CT molecular complexity index is 79.3. The van der Waals surface area contributed by atoms with Crippen LogP contribution in [0.5, 0.6) is 0 Å². The first-order valence-electron chi connectivity index (χ1n) is 4.03. The van der Waals surface area contributed by atoms with Crippen LogP contribution in [-0.4, -0.2) is 37.7 Å². The summed E-state index contributed by atoms with van der Waals surface area (Å²) in [5.41, 5.74) is 0. The lowest BCUT2D eigenvalue weighted by Crippen LogP contribution is -2.36. The first kappa shape index (κ1) is 8.02. The van der Waals surface area contributed by atoms with Gasteiger partial charge >= 0.3 is 0 Å². The number of unbranched alkanes of at least 4 members (excludes halogenated alkanes) is 1. The molecule has 0 bridgehead atoms. The molecule has 0 amide bonds. The zero-order valence-electron chi connectivity index (χ0n) is 6.51. The molecule has 1 fully saturated rings. The minimum Gasteiger partial charge on any atom is -0.379 e. The van der Waals surface area contributed by atoms with Gasteiger partial charge in [0.25, 0.3) is 0 Å². The molecule has 0 spiro atoms. The van der Waals surface area contributed by atoms with Crippen LogP contribution in [0.3, 0.4) is 0 Å². The molecule has 10 heavy (non-hydrogen) atoms. The van der Waals surface area contributed by atoms with Gasteiger partial charge in [-0.2, -0.15) is 6.42 Å². The summed E-state index contributed by atoms with van der Waals surface area (Å²) < 4.78 is 5.22. The summed E-state index contributed by atoms with van der Waals surface area (Å²) in [7, 11) is 0. The van der Waals surface area contributed by atoms with Crippen molar-refractivity contribution in [1.29, 1.82) is 0 Å². The topological polar surface area (TPSA) is 12.5 Å². The van der Waals surface area contributed by atoms with Gasteiger partial charge in [0.05, 0.1) is 13.2 Å². The van der Waals surface area contributed by atoms with E-state index in [2.05, 4.69) is 11.8 Å². The number of nitrogens with zero attached hydrogens (tertiary/aromatic N) is 1. The van der Waals surface area contributed by atoms with Crippen molar-refractivity contribution in [2.24, 2.45) is 0 Å². The molecular formula is C8H16NO-. The SMILES string of the molecule is [CH2-]CCCN1CCOCC1. The molecule has 60 valence electrons. The fraction of sp³-hybridized carbons (Fsp3) is 0.875. The normalized spacial score (nSPS) is 21.3. The Kier molecular flexibility index (Phi) is 3.76. The second-order valence-electron chi connectivity index (χ2n) is 2.66. The Morgan fingerprint density at radius 1 is 1.30 bits per heavy atom. The number of rotatable bonds is 3. The highest BCUT2D eigenvalue weighted by molar-refractivity contribution is 4.61. The highest BCUT2D eigenvalue weighted by Gasteiger charge is 2.07. The zero-order valence-corrected chi connectivity index (χ0v) is 6.51. The van der Waals surface area contributed by atoms with E-state index in [1.165, 1.54) is 13.0 Å². The fourth-order valence-electron chi connectivity index (χ4n) is 1.16. The van der Waals surface area contributed by atoms with Crippen LogP contribution in [0.15, 0.2) is 0 Å². The molecule has 0 radical (unpaired) electrons. The van der Waals surface area contributed by atoms with Crippen LogP contribution in [0.4, 0.5) is 0 Å². The second kappa shape index (κ2) is 4.69. The van der Waals surface area contributed by atoms with Gasteiger partial charge in [-0.25, -0.2) is 0 Å². The second-order valence-corrected chi connectivity index (χ2v) is 2.66. The van der Waals surface area contributed by atoms with Crippen LogP contribution in [0.2, 0.25) is 0 Å². The van der Waals surface area contributed by atoms with E-state index in [1.807, 2.05) is 0 Å². The van der Waals surface area contributed by atoms with E-state index >= 15 is 0 Å². The average molecular weight is 142 g/mol. The number of morpholine rings is 1. The van der Waals surface area contributed by atoms with E-state index in [0.29, 0.717) is 0 Å². The van der Waals surface area contributed by atoms with Crippen LogP contribution < -0.4 is 0 Å². The van der Waals surface area contributed by atoms with Crippen molar-refractivity contribution in [3.05, 3.63) is 6.92 Å². The molecule has 0 N–H and O–H groups in total. The Labute approximate surface area is 63.2 Å². The van der Waals surface area contributed by atoms with Crippen molar-refractivity contribution in [2.75, 3.05) is 32.8 Å². The Hall–Kier alpha value is -0.0800. The molecule has 2 nitrogen and oxygen atoms in total. The van der Waals surface area contributed by atoms with E-state index in [9.17, 15) is 0 Å². The Balaban J connectivity index is 2.02. The van der Waals surface area contributed by atoms with Gasteiger partial charge in [-0.3, -0.25) is 4.90 Å². The maximum Gasteiger partial charge on any atom is 0.0594 e. The lowest BCUT2D eigenvalue weighted by atomic mass is 10.3. The van der Waals surface area contributed by atoms with Gasteiger partial charge in [-0.15, -0.1) is 0 Å². The summed E-state index contributed by atoms with van der Waals surface area (Å²) in [5.74, 6) is 0. The third-order valence-electron chi connectivity index (χ3n) is 1.83. The highest BCUT2D eigenvalue weighted by Crippen LogP contribution is 1.98. The van der Waals surface area contributed by atoms with Crippen LogP contribution in [0, 0.1) is 6.92 Å². The Morgan fingerprint density at radius 2 is 2.00 bits per heavy atom. The zero-order chi connectivity index (χ0) is 7.23. The molecule has 1 rings (SSSR count). The Morgan fingerprint density at radius 3 is 2.60 bits per heavy atom. The van der Waals surface area contributed by atoms with E-state index in [1.54, 1.807) is 0 Å². The molecular weight excluding hydrogens is 126 g/mol. The number of hydrogen-bond acceptors (Lipinski definition) is 2. The molecule has 0 unspecified atom stereocenters. The van der Waals surface area contributed by atoms with Crippen LogP contribution in [-0.2, 0) is 4.74 Å². The highest BCUT2D eigenvalue weighted by atomic mass is 16.5. The van der Waals surface area contributed by atoms with Gasteiger partial charge in [-0.05, 0) is 6.54 Å². The quantitative estimate of drug-likeness (QED) is 0.544. The van der Waals surface area contributed by atoms with Gasteiger partial charge in [0.1, 0.15) is 0 Å². The minimum absolute atomic E-state index is 0.914. The van der Waals surface area contributed by atoms with Gasteiger partial charge < -0.3 is 11.7 Å². The molecule has 1 saturated heterocycles. The van der Waals surface area contributed by atoms with Crippen LogP contribution >= 0.6 is 0 Å². The van der Waals surface area contributed by atoms with Crippen molar-refractivity contribution in [1.82, 2.24) is 4.90 Å². The summed E-state index contributed by atoms with van der Waals surface area (Å²) in [5, 5.41) is 0. The largest absolute Gasteiger partial charge is 0.379 e. The molecule has 0 aromatic rings. The summed E-state index contributed by atoms with van der Waals surface area (Å²) in [6, 6.07) is 0. The lowest BCUT2D eigenvalue weighted by Gasteiger charge is -2.26. The first-order chi connectivity index (χ1) is 4.93. The summed E-state index contributed by atoms with van der Waals surface area (Å²) in [4.78, 5) is 2.44. The van der Waals surface area contributed by atoms with Crippen molar-refractivity contribution in [3.8, 4) is 0 Å². The molecule has 0 saturated carbocycles.